The summed E-state index contributed by atoms with van der Waals surface area (Å²) in [4.78, 5) is 64.9. The normalized spacial score (nSPS) is 26.2. The summed E-state index contributed by atoms with van der Waals surface area (Å²) in [5.74, 6) is -3.39. The van der Waals surface area contributed by atoms with Crippen LogP contribution in [0.15, 0.2) is 86.0 Å². The summed E-state index contributed by atoms with van der Waals surface area (Å²) in [6, 6.07) is 16.5. The third-order valence-electron chi connectivity index (χ3n) is 12.0. The van der Waals surface area contributed by atoms with Crippen LogP contribution in [0.25, 0.3) is 0 Å². The Labute approximate surface area is 324 Å². The number of amides is 3. The van der Waals surface area contributed by atoms with Crippen LogP contribution in [-0.4, -0.2) is 138 Å². The largest absolute Gasteiger partial charge is 0.455 e. The summed E-state index contributed by atoms with van der Waals surface area (Å²) in [7, 11) is 1.69. The number of likely N-dealkylation sites (tertiary alicyclic amines) is 1. The Kier molecular flexibility index (Phi) is 13.2. The van der Waals surface area contributed by atoms with Gasteiger partial charge in [0.25, 0.3) is 0 Å². The van der Waals surface area contributed by atoms with Crippen molar-refractivity contribution in [1.29, 1.82) is 0 Å². The number of carbonyl (C=O) groups excluding carboxylic acids is 4. The molecule has 2 aromatic rings. The van der Waals surface area contributed by atoms with E-state index in [1.807, 2.05) is 67.6 Å². The summed E-state index contributed by atoms with van der Waals surface area (Å²) in [5.41, 5.74) is 0.315. The first-order chi connectivity index (χ1) is 26.6. The van der Waals surface area contributed by atoms with Gasteiger partial charge in [0.1, 0.15) is 17.7 Å². The maximum absolute atomic E-state index is 15.0. The van der Waals surface area contributed by atoms with Gasteiger partial charge in [-0.05, 0) is 43.7 Å². The van der Waals surface area contributed by atoms with Crippen LogP contribution in [0.2, 0.25) is 0 Å². The molecule has 1 N–H and O–H groups in total. The number of fused-ring (bicyclic) bond motifs is 1. The fraction of sp³-hybridized carbons (Fsp3) is 0.535. The number of aliphatic hydroxyl groups excluding tert-OH is 1. The van der Waals surface area contributed by atoms with Crippen molar-refractivity contribution in [1.82, 2.24) is 19.6 Å². The van der Waals surface area contributed by atoms with E-state index in [0.717, 1.165) is 18.7 Å². The lowest BCUT2D eigenvalue weighted by molar-refractivity contribution is -0.165. The van der Waals surface area contributed by atoms with E-state index < -0.39 is 59.6 Å². The van der Waals surface area contributed by atoms with Gasteiger partial charge >= 0.3 is 5.97 Å². The second-order valence-corrected chi connectivity index (χ2v) is 15.2. The molecule has 12 heteroatoms. The third kappa shape index (κ3) is 8.28. The number of allylic oxidation sites excluding steroid dienone is 1. The predicted octanol–water partition coefficient (Wildman–Crippen LogP) is 3.41. The molecule has 6 rings (SSSR count). The molecule has 2 bridgehead atoms. The van der Waals surface area contributed by atoms with E-state index in [-0.39, 0.29) is 31.4 Å². The standard InChI is InChI=1S/C43H56N4O8/c1-5-7-18-35(49)44(4)30(3)38(32-16-12-9-13-17-32)54-42(52)36-34-19-20-43(55-34)37(36)40(50)47(33(29-48)28-31-14-10-8-11-15-31)39(43)41(51)46(21-6-2)23-22-45-24-26-53-27-25-45/h5-6,8-17,30,33-34,36-39,48H,1-2,7,18-29H2,3-4H3/t30-,33+,34+,36-,37-,38+,39+,43-/m0/s1. The van der Waals surface area contributed by atoms with Crippen LogP contribution in [0.3, 0.4) is 0 Å². The third-order valence-corrected chi connectivity index (χ3v) is 12.0. The number of hydrogen-bond acceptors (Lipinski definition) is 9. The van der Waals surface area contributed by atoms with Gasteiger partial charge in [-0.1, -0.05) is 72.8 Å². The average molecular weight is 757 g/mol. The van der Waals surface area contributed by atoms with E-state index in [1.165, 1.54) is 4.90 Å². The molecule has 55 heavy (non-hydrogen) atoms. The first kappa shape index (κ1) is 40.3. The molecular weight excluding hydrogens is 700 g/mol. The number of esters is 1. The highest BCUT2D eigenvalue weighted by Crippen LogP contribution is 2.59. The summed E-state index contributed by atoms with van der Waals surface area (Å²) >= 11 is 0. The van der Waals surface area contributed by atoms with Gasteiger partial charge in [-0.15, -0.1) is 13.2 Å². The number of ether oxygens (including phenoxy) is 3. The summed E-state index contributed by atoms with van der Waals surface area (Å²) < 4.78 is 18.7. The zero-order valence-electron chi connectivity index (χ0n) is 32.2. The van der Waals surface area contributed by atoms with E-state index in [0.29, 0.717) is 57.6 Å². The number of benzene rings is 2. The van der Waals surface area contributed by atoms with Crippen LogP contribution in [-0.2, 0) is 39.8 Å². The Bertz CT molecular complexity index is 1670. The minimum absolute atomic E-state index is 0.110. The highest BCUT2D eigenvalue weighted by Gasteiger charge is 2.75. The fourth-order valence-electron chi connectivity index (χ4n) is 9.00. The molecule has 2 aromatic carbocycles. The van der Waals surface area contributed by atoms with Gasteiger partial charge in [0.05, 0.1) is 49.8 Å². The second kappa shape index (κ2) is 18.1. The van der Waals surface area contributed by atoms with Crippen LogP contribution in [0.4, 0.5) is 0 Å². The van der Waals surface area contributed by atoms with Crippen LogP contribution >= 0.6 is 0 Å². The van der Waals surface area contributed by atoms with Gasteiger partial charge < -0.3 is 34.0 Å². The molecule has 3 amide bonds. The molecule has 0 aliphatic carbocycles. The number of likely N-dealkylation sites (N-methyl/N-ethyl adjacent to an activating group) is 1. The zero-order chi connectivity index (χ0) is 39.1. The van der Waals surface area contributed by atoms with Crippen molar-refractivity contribution in [3.8, 4) is 0 Å². The molecule has 4 aliphatic heterocycles. The molecule has 12 nitrogen and oxygen atoms in total. The number of morpholine rings is 1. The van der Waals surface area contributed by atoms with Gasteiger partial charge in [0.15, 0.2) is 0 Å². The lowest BCUT2D eigenvalue weighted by atomic mass is 9.70. The maximum atomic E-state index is 15.0. The number of carbonyl (C=O) groups is 4. The van der Waals surface area contributed by atoms with Crippen LogP contribution in [0, 0.1) is 11.8 Å². The molecule has 8 atom stereocenters. The Morgan fingerprint density at radius 2 is 1.75 bits per heavy atom. The predicted molar refractivity (Wildman–Crippen MR) is 206 cm³/mol. The Hall–Kier alpha value is -4.36. The van der Waals surface area contributed by atoms with E-state index in [2.05, 4.69) is 18.1 Å². The lowest BCUT2D eigenvalue weighted by Gasteiger charge is -2.40. The van der Waals surface area contributed by atoms with Gasteiger partial charge in [0, 0.05) is 46.2 Å². The average Bonchev–Trinajstić information content (AvgIpc) is 3.87. The molecule has 0 radical (unpaired) electrons. The number of aliphatic hydroxyl groups is 1. The minimum Gasteiger partial charge on any atom is -0.455 e. The van der Waals surface area contributed by atoms with E-state index >= 15 is 9.59 Å². The number of nitrogens with zero attached hydrogens (tertiary/aromatic N) is 4. The van der Waals surface area contributed by atoms with Gasteiger partial charge in [0.2, 0.25) is 17.7 Å². The van der Waals surface area contributed by atoms with Crippen LogP contribution in [0.5, 0.6) is 0 Å². The topological polar surface area (TPSA) is 129 Å². The lowest BCUT2D eigenvalue weighted by Crippen LogP contribution is -2.59. The summed E-state index contributed by atoms with van der Waals surface area (Å²) in [6.45, 7) is 13.2. The Morgan fingerprint density at radius 3 is 2.40 bits per heavy atom. The van der Waals surface area contributed by atoms with Crippen LogP contribution in [0.1, 0.15) is 49.8 Å². The first-order valence-electron chi connectivity index (χ1n) is 19.6. The quantitative estimate of drug-likeness (QED) is 0.180. The number of rotatable bonds is 18. The molecule has 1 spiro atoms. The van der Waals surface area contributed by atoms with Crippen molar-refractivity contribution in [2.24, 2.45) is 11.8 Å². The SMILES string of the molecule is C=CCCC(=O)N(C)[C@@H](C)[C@@H](OC(=O)[C@@H]1[C@H]2C(=O)N([C@@H](CO)Cc3ccccc3)[C@H](C(=O)N(CC=C)CCN3CCOCC3)[C@]23CC[C@H]1O3)c1ccccc1. The Balaban J connectivity index is 1.33. The van der Waals surface area contributed by atoms with Gasteiger partial charge in [-0.25, -0.2) is 0 Å². The molecule has 4 saturated heterocycles. The molecule has 4 fully saturated rings. The zero-order valence-corrected chi connectivity index (χ0v) is 32.2. The number of hydrogen-bond donors (Lipinski definition) is 1. The van der Waals surface area contributed by atoms with Gasteiger partial charge in [-0.3, -0.25) is 24.1 Å². The highest BCUT2D eigenvalue weighted by molar-refractivity contribution is 5.98. The minimum atomic E-state index is -1.30. The molecule has 4 aliphatic rings. The molecule has 4 heterocycles. The Morgan fingerprint density at radius 1 is 1.05 bits per heavy atom. The maximum Gasteiger partial charge on any atom is 0.313 e. The first-order valence-corrected chi connectivity index (χ1v) is 19.6. The van der Waals surface area contributed by atoms with Gasteiger partial charge in [-0.2, -0.15) is 0 Å². The monoisotopic (exact) mass is 756 g/mol. The van der Waals surface area contributed by atoms with Crippen molar-refractivity contribution in [3.05, 3.63) is 97.1 Å². The second-order valence-electron chi connectivity index (χ2n) is 15.2. The summed E-state index contributed by atoms with van der Waals surface area (Å²) in [6.07, 6.45) is 3.86. The van der Waals surface area contributed by atoms with Crippen molar-refractivity contribution >= 4 is 23.7 Å². The van der Waals surface area contributed by atoms with Crippen molar-refractivity contribution < 1.29 is 38.5 Å². The van der Waals surface area contributed by atoms with E-state index in [4.69, 9.17) is 14.2 Å². The highest BCUT2D eigenvalue weighted by atomic mass is 16.6. The van der Waals surface area contributed by atoms with E-state index in [9.17, 15) is 14.7 Å². The molecule has 296 valence electrons. The molecular formula is C43H56N4O8. The van der Waals surface area contributed by atoms with E-state index in [1.54, 1.807) is 29.0 Å². The van der Waals surface area contributed by atoms with Crippen molar-refractivity contribution in [2.75, 3.05) is 59.6 Å². The van der Waals surface area contributed by atoms with Crippen molar-refractivity contribution in [2.45, 2.75) is 75.0 Å². The summed E-state index contributed by atoms with van der Waals surface area (Å²) in [5, 5.41) is 10.9. The smallest absolute Gasteiger partial charge is 0.313 e. The van der Waals surface area contributed by atoms with Crippen LogP contribution < -0.4 is 0 Å². The molecule has 0 unspecified atom stereocenters. The molecule has 0 saturated carbocycles. The fourth-order valence-corrected chi connectivity index (χ4v) is 9.00. The van der Waals surface area contributed by atoms with Crippen molar-refractivity contribution in [3.63, 3.8) is 0 Å². The molecule has 0 aromatic heterocycles.